The number of hydrogen-bond donors (Lipinski definition) is 2. The lowest BCUT2D eigenvalue weighted by atomic mass is 9.85. The van der Waals surface area contributed by atoms with Crippen LogP contribution in [0.1, 0.15) is 12.8 Å². The summed E-state index contributed by atoms with van der Waals surface area (Å²) < 4.78 is 5.37. The van der Waals surface area contributed by atoms with E-state index in [1.54, 1.807) is 0 Å². The van der Waals surface area contributed by atoms with E-state index in [2.05, 4.69) is 10.2 Å². The lowest BCUT2D eigenvalue weighted by Crippen LogP contribution is -3.11. The third-order valence-corrected chi connectivity index (χ3v) is 6.02. The molecule has 0 radical (unpaired) electrons. The first kappa shape index (κ1) is 20.6. The number of ether oxygens (including phenoxy) is 1. The van der Waals surface area contributed by atoms with Crippen molar-refractivity contribution in [3.63, 3.8) is 0 Å². The number of rotatable bonds is 6. The zero-order chi connectivity index (χ0) is 21.1. The van der Waals surface area contributed by atoms with E-state index in [0.717, 1.165) is 42.6 Å². The van der Waals surface area contributed by atoms with Crippen molar-refractivity contribution >= 4 is 29.1 Å². The van der Waals surface area contributed by atoms with E-state index in [1.807, 2.05) is 43.5 Å². The van der Waals surface area contributed by atoms with Crippen LogP contribution in [0.3, 0.4) is 0 Å². The van der Waals surface area contributed by atoms with Gasteiger partial charge >= 0.3 is 0 Å². The number of imide groups is 1. The van der Waals surface area contributed by atoms with Crippen LogP contribution in [-0.2, 0) is 19.1 Å². The zero-order valence-corrected chi connectivity index (χ0v) is 17.3. The number of likely N-dealkylation sites (N-methyl/N-ethyl adjacent to an activating group) is 1. The van der Waals surface area contributed by atoms with Crippen LogP contribution in [-0.4, -0.2) is 69.2 Å². The molecule has 4 rings (SSSR count). The molecular weight excluding hydrogens is 384 g/mol. The molecule has 1 unspecified atom stereocenters. The SMILES string of the molecule is C[NH+](CC(=O)Nc1ccc(N2CCOCC2)cc1)CN1C(=O)[C@H]2CC=CC[C@@H]2C1=O. The first-order valence-corrected chi connectivity index (χ1v) is 10.6. The molecule has 1 aromatic carbocycles. The minimum absolute atomic E-state index is 0.104. The number of quaternary nitrogens is 1. The Hall–Kier alpha value is -2.71. The summed E-state index contributed by atoms with van der Waals surface area (Å²) in [7, 11) is 1.82. The highest BCUT2D eigenvalue weighted by molar-refractivity contribution is 6.05. The number of anilines is 2. The van der Waals surface area contributed by atoms with Crippen molar-refractivity contribution in [1.82, 2.24) is 4.90 Å². The largest absolute Gasteiger partial charge is 0.378 e. The van der Waals surface area contributed by atoms with Crippen molar-refractivity contribution in [2.75, 3.05) is 56.8 Å². The summed E-state index contributed by atoms with van der Waals surface area (Å²) in [5.74, 6) is -0.811. The van der Waals surface area contributed by atoms with Crippen LogP contribution in [0, 0.1) is 11.8 Å². The molecule has 1 aromatic rings. The second-order valence-electron chi connectivity index (χ2n) is 8.25. The Morgan fingerprint density at radius 1 is 1.07 bits per heavy atom. The number of morpholine rings is 1. The lowest BCUT2D eigenvalue weighted by molar-refractivity contribution is -0.878. The van der Waals surface area contributed by atoms with Crippen molar-refractivity contribution in [2.45, 2.75) is 12.8 Å². The number of carbonyl (C=O) groups excluding carboxylic acids is 3. The first-order valence-electron chi connectivity index (χ1n) is 10.6. The zero-order valence-electron chi connectivity index (χ0n) is 17.3. The molecule has 0 spiro atoms. The Labute approximate surface area is 176 Å². The highest BCUT2D eigenvalue weighted by atomic mass is 16.5. The van der Waals surface area contributed by atoms with Crippen LogP contribution in [0.15, 0.2) is 36.4 Å². The standard InChI is InChI=1S/C22H28N4O4/c1-24(15-26-21(28)18-4-2-3-5-19(18)22(26)29)14-20(27)23-16-6-8-17(9-7-16)25-10-12-30-13-11-25/h2-3,6-9,18-19H,4-5,10-15H2,1H3,(H,23,27)/p+1/t18-,19-/m0/s1. The molecule has 2 fully saturated rings. The average Bonchev–Trinajstić information content (AvgIpc) is 3.00. The van der Waals surface area contributed by atoms with Gasteiger partial charge in [0, 0.05) is 24.5 Å². The van der Waals surface area contributed by atoms with Crippen LogP contribution in [0.4, 0.5) is 11.4 Å². The lowest BCUT2D eigenvalue weighted by Gasteiger charge is -2.28. The molecule has 160 valence electrons. The predicted molar refractivity (Wildman–Crippen MR) is 112 cm³/mol. The molecule has 2 saturated heterocycles. The predicted octanol–water partition coefficient (Wildman–Crippen LogP) is -0.115. The van der Waals surface area contributed by atoms with Gasteiger partial charge in [-0.3, -0.25) is 14.4 Å². The van der Waals surface area contributed by atoms with Gasteiger partial charge in [-0.1, -0.05) is 12.2 Å². The number of amides is 3. The van der Waals surface area contributed by atoms with Gasteiger partial charge in [0.1, 0.15) is 0 Å². The fourth-order valence-corrected chi connectivity index (χ4v) is 4.41. The summed E-state index contributed by atoms with van der Waals surface area (Å²) in [4.78, 5) is 42.0. The van der Waals surface area contributed by atoms with Crippen molar-refractivity contribution < 1.29 is 24.0 Å². The molecule has 0 aromatic heterocycles. The third kappa shape index (κ3) is 4.39. The molecule has 1 aliphatic carbocycles. The molecule has 3 amide bonds. The van der Waals surface area contributed by atoms with Crippen molar-refractivity contribution in [3.05, 3.63) is 36.4 Å². The van der Waals surface area contributed by atoms with E-state index in [1.165, 1.54) is 4.90 Å². The van der Waals surface area contributed by atoms with Gasteiger partial charge in [-0.05, 0) is 37.1 Å². The van der Waals surface area contributed by atoms with Gasteiger partial charge in [0.15, 0.2) is 13.2 Å². The van der Waals surface area contributed by atoms with Gasteiger partial charge in [0.2, 0.25) is 11.8 Å². The second kappa shape index (κ2) is 8.97. The molecule has 3 aliphatic rings. The minimum Gasteiger partial charge on any atom is -0.378 e. The quantitative estimate of drug-likeness (QED) is 0.502. The van der Waals surface area contributed by atoms with E-state index in [9.17, 15) is 14.4 Å². The number of benzene rings is 1. The summed E-state index contributed by atoms with van der Waals surface area (Å²) in [5, 5.41) is 2.90. The topological polar surface area (TPSA) is 83.4 Å². The Morgan fingerprint density at radius 3 is 2.27 bits per heavy atom. The van der Waals surface area contributed by atoms with Gasteiger partial charge in [-0.25, -0.2) is 4.90 Å². The second-order valence-corrected chi connectivity index (χ2v) is 8.25. The van der Waals surface area contributed by atoms with Crippen molar-refractivity contribution in [1.29, 1.82) is 0 Å². The maximum atomic E-state index is 12.6. The molecule has 2 N–H and O–H groups in total. The minimum atomic E-state index is -0.228. The Kier molecular flexibility index (Phi) is 6.15. The summed E-state index contributed by atoms with van der Waals surface area (Å²) in [6, 6.07) is 7.77. The highest BCUT2D eigenvalue weighted by Gasteiger charge is 2.48. The molecule has 30 heavy (non-hydrogen) atoms. The van der Waals surface area contributed by atoms with Gasteiger partial charge in [0.05, 0.1) is 32.1 Å². The number of carbonyl (C=O) groups is 3. The van der Waals surface area contributed by atoms with E-state index >= 15 is 0 Å². The van der Waals surface area contributed by atoms with Crippen LogP contribution in [0.5, 0.6) is 0 Å². The average molecular weight is 413 g/mol. The summed E-state index contributed by atoms with van der Waals surface area (Å²) >= 11 is 0. The molecule has 0 saturated carbocycles. The Balaban J connectivity index is 1.27. The summed E-state index contributed by atoms with van der Waals surface area (Å²) in [6.07, 6.45) is 5.21. The maximum Gasteiger partial charge on any atom is 0.279 e. The molecule has 0 bridgehead atoms. The number of allylic oxidation sites excluding steroid dienone is 2. The fourth-order valence-electron chi connectivity index (χ4n) is 4.41. The summed E-state index contributed by atoms with van der Waals surface area (Å²) in [5.41, 5.74) is 1.84. The number of hydrogen-bond acceptors (Lipinski definition) is 5. The van der Waals surface area contributed by atoms with Crippen LogP contribution in [0.2, 0.25) is 0 Å². The molecule has 2 aliphatic heterocycles. The Bertz CT molecular complexity index is 806. The molecule has 8 nitrogen and oxygen atoms in total. The molecular formula is C22H29N4O4+. The molecule has 8 heteroatoms. The normalized spacial score (nSPS) is 24.7. The van der Waals surface area contributed by atoms with Crippen molar-refractivity contribution in [2.24, 2.45) is 11.8 Å². The number of likely N-dealkylation sites (tertiary alicyclic amines) is 1. The van der Waals surface area contributed by atoms with Crippen LogP contribution < -0.4 is 15.1 Å². The first-order chi connectivity index (χ1) is 14.5. The van der Waals surface area contributed by atoms with Gasteiger partial charge in [-0.15, -0.1) is 0 Å². The van der Waals surface area contributed by atoms with Crippen molar-refractivity contribution in [3.8, 4) is 0 Å². The number of nitrogens with zero attached hydrogens (tertiary/aromatic N) is 2. The third-order valence-electron chi connectivity index (χ3n) is 6.02. The van der Waals surface area contributed by atoms with E-state index in [4.69, 9.17) is 4.74 Å². The van der Waals surface area contributed by atoms with Crippen LogP contribution >= 0.6 is 0 Å². The summed E-state index contributed by atoms with van der Waals surface area (Å²) in [6.45, 7) is 3.59. The monoisotopic (exact) mass is 413 g/mol. The van der Waals surface area contributed by atoms with E-state index in [0.29, 0.717) is 12.8 Å². The highest BCUT2D eigenvalue weighted by Crippen LogP contribution is 2.34. The smallest absolute Gasteiger partial charge is 0.279 e. The molecule has 2 heterocycles. The maximum absolute atomic E-state index is 12.6. The van der Waals surface area contributed by atoms with E-state index in [-0.39, 0.29) is 42.8 Å². The van der Waals surface area contributed by atoms with Crippen LogP contribution in [0.25, 0.3) is 0 Å². The number of fused-ring (bicyclic) bond motifs is 1. The van der Waals surface area contributed by atoms with Gasteiger partial charge in [-0.2, -0.15) is 0 Å². The van der Waals surface area contributed by atoms with E-state index < -0.39 is 0 Å². The Morgan fingerprint density at radius 2 is 1.67 bits per heavy atom. The number of nitrogens with one attached hydrogen (secondary N) is 2. The van der Waals surface area contributed by atoms with Gasteiger partial charge < -0.3 is 19.9 Å². The fraction of sp³-hybridized carbons (Fsp3) is 0.500. The van der Waals surface area contributed by atoms with Gasteiger partial charge in [0.25, 0.3) is 5.91 Å². The molecule has 3 atom stereocenters.